The molecule has 1 aliphatic heterocycles. The summed E-state index contributed by atoms with van der Waals surface area (Å²) in [6.07, 6.45) is 0.392. The van der Waals surface area contributed by atoms with E-state index in [0.29, 0.717) is 13.0 Å². The Hall–Kier alpha value is -2.67. The first-order chi connectivity index (χ1) is 14.5. The van der Waals surface area contributed by atoms with Crippen molar-refractivity contribution in [2.75, 3.05) is 13.7 Å². The molecule has 1 atom stereocenters. The first-order valence-corrected chi connectivity index (χ1v) is 10.8. The van der Waals surface area contributed by atoms with E-state index in [1.165, 1.54) is 16.2 Å². The Morgan fingerprint density at radius 2 is 1.67 bits per heavy atom. The average molecular weight is 440 g/mol. The standard InChI is InChI=1S/C23H22ClN3O2S/c1-26(15-19-12-13-20(24)30-19)16-27-21(28)23(25-22(27)29,18-10-6-3-7-11-18)14-17-8-4-2-5-9-17/h2-13H,14-16H2,1H3,(H,25,29)/t23-/m1/s1. The number of imide groups is 1. The molecule has 1 saturated heterocycles. The van der Waals surface area contributed by atoms with Crippen LogP contribution >= 0.6 is 22.9 Å². The van der Waals surface area contributed by atoms with Crippen molar-refractivity contribution >= 4 is 34.9 Å². The van der Waals surface area contributed by atoms with Crippen molar-refractivity contribution < 1.29 is 9.59 Å². The van der Waals surface area contributed by atoms with Gasteiger partial charge < -0.3 is 5.32 Å². The van der Waals surface area contributed by atoms with E-state index in [2.05, 4.69) is 5.32 Å². The smallest absolute Gasteiger partial charge is 0.319 e. The lowest BCUT2D eigenvalue weighted by Gasteiger charge is -2.28. The molecular weight excluding hydrogens is 418 g/mol. The lowest BCUT2D eigenvalue weighted by atomic mass is 9.83. The van der Waals surface area contributed by atoms with Gasteiger partial charge in [0.25, 0.3) is 5.91 Å². The van der Waals surface area contributed by atoms with E-state index < -0.39 is 5.54 Å². The molecule has 3 amide bonds. The minimum Gasteiger partial charge on any atom is -0.319 e. The topological polar surface area (TPSA) is 52.6 Å². The van der Waals surface area contributed by atoms with Gasteiger partial charge in [-0.2, -0.15) is 0 Å². The predicted molar refractivity (Wildman–Crippen MR) is 119 cm³/mol. The second-order valence-electron chi connectivity index (χ2n) is 7.46. The minimum atomic E-state index is -1.12. The van der Waals surface area contributed by atoms with Gasteiger partial charge in [-0.1, -0.05) is 72.3 Å². The number of thiophene rings is 1. The molecule has 0 saturated carbocycles. The van der Waals surface area contributed by atoms with Crippen LogP contribution in [0.25, 0.3) is 0 Å². The van der Waals surface area contributed by atoms with Crippen LogP contribution in [0.4, 0.5) is 4.79 Å². The third kappa shape index (κ3) is 4.12. The molecule has 0 radical (unpaired) electrons. The van der Waals surface area contributed by atoms with Gasteiger partial charge in [-0.25, -0.2) is 9.69 Å². The Bertz CT molecular complexity index is 1040. The number of nitrogens with zero attached hydrogens (tertiary/aromatic N) is 2. The SMILES string of the molecule is CN(Cc1ccc(Cl)s1)CN1C(=O)N[C@](Cc2ccccc2)(c2ccccc2)C1=O. The van der Waals surface area contributed by atoms with Crippen molar-refractivity contribution in [1.29, 1.82) is 0 Å². The fourth-order valence-electron chi connectivity index (χ4n) is 3.79. The predicted octanol–water partition coefficient (Wildman–Crippen LogP) is 4.48. The molecular formula is C23H22ClN3O2S. The van der Waals surface area contributed by atoms with Crippen LogP contribution in [0.5, 0.6) is 0 Å². The fraction of sp³-hybridized carbons (Fsp3) is 0.217. The molecule has 0 unspecified atom stereocenters. The normalized spacial score (nSPS) is 18.8. The molecule has 7 heteroatoms. The van der Waals surface area contributed by atoms with E-state index in [0.717, 1.165) is 20.3 Å². The Kier molecular flexibility index (Phi) is 5.90. The fourth-order valence-corrected chi connectivity index (χ4v) is 4.96. The monoisotopic (exact) mass is 439 g/mol. The molecule has 1 N–H and O–H groups in total. The van der Waals surface area contributed by atoms with Gasteiger partial charge in [0.05, 0.1) is 11.0 Å². The highest BCUT2D eigenvalue weighted by molar-refractivity contribution is 7.16. The second-order valence-corrected chi connectivity index (χ2v) is 9.26. The van der Waals surface area contributed by atoms with Gasteiger partial charge >= 0.3 is 6.03 Å². The van der Waals surface area contributed by atoms with Crippen LogP contribution in [0.15, 0.2) is 72.8 Å². The summed E-state index contributed by atoms with van der Waals surface area (Å²) < 4.78 is 0.722. The number of halogens is 1. The first-order valence-electron chi connectivity index (χ1n) is 9.64. The van der Waals surface area contributed by atoms with Crippen LogP contribution in [0.2, 0.25) is 4.34 Å². The van der Waals surface area contributed by atoms with Crippen molar-refractivity contribution in [2.45, 2.75) is 18.5 Å². The summed E-state index contributed by atoms with van der Waals surface area (Å²) in [6.45, 7) is 0.801. The zero-order valence-corrected chi connectivity index (χ0v) is 18.1. The van der Waals surface area contributed by atoms with Gasteiger partial charge in [0.2, 0.25) is 0 Å². The zero-order valence-electron chi connectivity index (χ0n) is 16.5. The summed E-state index contributed by atoms with van der Waals surface area (Å²) in [4.78, 5) is 30.8. The van der Waals surface area contributed by atoms with E-state index >= 15 is 0 Å². The molecule has 1 aliphatic rings. The molecule has 4 rings (SSSR count). The quantitative estimate of drug-likeness (QED) is 0.552. The third-order valence-electron chi connectivity index (χ3n) is 5.19. The van der Waals surface area contributed by atoms with Gasteiger partial charge in [-0.05, 0) is 30.3 Å². The van der Waals surface area contributed by atoms with Crippen molar-refractivity contribution in [2.24, 2.45) is 0 Å². The van der Waals surface area contributed by atoms with Crippen LogP contribution in [0.1, 0.15) is 16.0 Å². The van der Waals surface area contributed by atoms with Crippen molar-refractivity contribution in [3.8, 4) is 0 Å². The number of carbonyl (C=O) groups excluding carboxylic acids is 2. The molecule has 2 aromatic carbocycles. The van der Waals surface area contributed by atoms with E-state index in [-0.39, 0.29) is 18.6 Å². The van der Waals surface area contributed by atoms with E-state index in [1.54, 1.807) is 0 Å². The largest absolute Gasteiger partial charge is 0.326 e. The number of rotatable bonds is 7. The van der Waals surface area contributed by atoms with E-state index in [9.17, 15) is 9.59 Å². The Labute approximate surface area is 184 Å². The summed E-state index contributed by atoms with van der Waals surface area (Å²) in [6, 6.07) is 22.6. The molecule has 0 bridgehead atoms. The summed E-state index contributed by atoms with van der Waals surface area (Å²) in [5, 5.41) is 3.00. The summed E-state index contributed by atoms with van der Waals surface area (Å²) in [7, 11) is 1.88. The van der Waals surface area contributed by atoms with Crippen LogP contribution in [-0.2, 0) is 23.3 Å². The number of carbonyl (C=O) groups is 2. The van der Waals surface area contributed by atoms with E-state index in [1.807, 2.05) is 84.7 Å². The molecule has 154 valence electrons. The number of nitrogens with one attached hydrogen (secondary N) is 1. The van der Waals surface area contributed by atoms with Crippen molar-refractivity contribution in [3.05, 3.63) is 93.1 Å². The summed E-state index contributed by atoms with van der Waals surface area (Å²) >= 11 is 7.51. The van der Waals surface area contributed by atoms with Crippen LogP contribution in [0.3, 0.4) is 0 Å². The lowest BCUT2D eigenvalue weighted by molar-refractivity contribution is -0.133. The highest BCUT2D eigenvalue weighted by atomic mass is 35.5. The van der Waals surface area contributed by atoms with Crippen molar-refractivity contribution in [1.82, 2.24) is 15.1 Å². The van der Waals surface area contributed by atoms with Crippen LogP contribution in [-0.4, -0.2) is 35.5 Å². The molecule has 30 heavy (non-hydrogen) atoms. The molecule has 5 nitrogen and oxygen atoms in total. The van der Waals surface area contributed by atoms with Gasteiger partial charge in [0.15, 0.2) is 5.54 Å². The molecule has 2 heterocycles. The average Bonchev–Trinajstić information content (AvgIpc) is 3.25. The number of amides is 3. The molecule has 0 spiro atoms. The maximum atomic E-state index is 13.6. The summed E-state index contributed by atoms with van der Waals surface area (Å²) in [5.41, 5.74) is 0.646. The van der Waals surface area contributed by atoms with Gasteiger partial charge in [0, 0.05) is 17.8 Å². The van der Waals surface area contributed by atoms with Crippen LogP contribution in [0, 0.1) is 0 Å². The maximum Gasteiger partial charge on any atom is 0.326 e. The highest BCUT2D eigenvalue weighted by Crippen LogP contribution is 2.33. The maximum absolute atomic E-state index is 13.6. The van der Waals surface area contributed by atoms with Gasteiger partial charge in [0.1, 0.15) is 0 Å². The Balaban J connectivity index is 1.60. The number of benzene rings is 2. The Morgan fingerprint density at radius 3 is 2.30 bits per heavy atom. The molecule has 1 fully saturated rings. The summed E-state index contributed by atoms with van der Waals surface area (Å²) in [5.74, 6) is -0.237. The molecule has 1 aromatic heterocycles. The molecule has 3 aromatic rings. The minimum absolute atomic E-state index is 0.198. The number of urea groups is 1. The second kappa shape index (κ2) is 8.60. The first kappa shape index (κ1) is 20.6. The lowest BCUT2D eigenvalue weighted by Crippen LogP contribution is -2.46. The zero-order chi connectivity index (χ0) is 21.1. The number of hydrogen-bond acceptors (Lipinski definition) is 4. The Morgan fingerprint density at radius 1 is 1.00 bits per heavy atom. The molecule has 0 aliphatic carbocycles. The van der Waals surface area contributed by atoms with Crippen LogP contribution < -0.4 is 5.32 Å². The van der Waals surface area contributed by atoms with Crippen molar-refractivity contribution in [3.63, 3.8) is 0 Å². The highest BCUT2D eigenvalue weighted by Gasteiger charge is 2.52. The third-order valence-corrected chi connectivity index (χ3v) is 6.41. The van der Waals surface area contributed by atoms with E-state index in [4.69, 9.17) is 11.6 Å². The number of hydrogen-bond donors (Lipinski definition) is 1. The van der Waals surface area contributed by atoms with Gasteiger partial charge in [-0.15, -0.1) is 11.3 Å². The van der Waals surface area contributed by atoms with Gasteiger partial charge in [-0.3, -0.25) is 9.69 Å².